The molecule has 0 amide bonds. The van der Waals surface area contributed by atoms with Crippen LogP contribution in [-0.4, -0.2) is 43.8 Å². The van der Waals surface area contributed by atoms with Gasteiger partial charge in [0.05, 0.1) is 6.10 Å². The van der Waals surface area contributed by atoms with Gasteiger partial charge in [0.2, 0.25) is 0 Å². The molecule has 1 heterocycles. The van der Waals surface area contributed by atoms with Gasteiger partial charge in [0.15, 0.2) is 0 Å². The Kier molecular flexibility index (Phi) is 6.98. The summed E-state index contributed by atoms with van der Waals surface area (Å²) in [7, 11) is 0. The molecule has 1 fully saturated rings. The number of nitrogens with two attached hydrogens (primary N) is 1. The van der Waals surface area contributed by atoms with E-state index >= 15 is 0 Å². The molecule has 0 aliphatic carbocycles. The normalized spacial score (nSPS) is 23.2. The fourth-order valence-corrected chi connectivity index (χ4v) is 2.24. The van der Waals surface area contributed by atoms with Crippen LogP contribution in [0.2, 0.25) is 0 Å². The molecule has 1 unspecified atom stereocenters. The smallest absolute Gasteiger partial charge is 0.0702 e. The molecule has 3 nitrogen and oxygen atoms in total. The van der Waals surface area contributed by atoms with Crippen molar-refractivity contribution in [3.8, 4) is 0 Å². The van der Waals surface area contributed by atoms with Gasteiger partial charge in [0, 0.05) is 13.2 Å². The molecule has 1 aliphatic rings. The van der Waals surface area contributed by atoms with Crippen LogP contribution in [0, 0.1) is 0 Å². The predicted molar refractivity (Wildman–Crippen MR) is 64.0 cm³/mol. The first-order chi connectivity index (χ1) is 7.36. The van der Waals surface area contributed by atoms with Gasteiger partial charge in [-0.2, -0.15) is 0 Å². The standard InChI is InChI=1S/C12H26N2O/c1-2-15-12-7-6-10-14(11-12)9-5-3-4-8-13/h12H,2-11,13H2,1H3. The fourth-order valence-electron chi connectivity index (χ4n) is 2.24. The van der Waals surface area contributed by atoms with Gasteiger partial charge < -0.3 is 15.4 Å². The van der Waals surface area contributed by atoms with Crippen LogP contribution in [0.1, 0.15) is 39.0 Å². The summed E-state index contributed by atoms with van der Waals surface area (Å²) in [5, 5.41) is 0. The quantitative estimate of drug-likeness (QED) is 0.654. The molecule has 0 spiro atoms. The monoisotopic (exact) mass is 214 g/mol. The lowest BCUT2D eigenvalue weighted by molar-refractivity contribution is 0.00560. The summed E-state index contributed by atoms with van der Waals surface area (Å²) in [5.41, 5.74) is 5.48. The molecule has 1 atom stereocenters. The number of ether oxygens (including phenoxy) is 1. The van der Waals surface area contributed by atoms with Crippen molar-refractivity contribution in [1.82, 2.24) is 4.90 Å². The van der Waals surface area contributed by atoms with Gasteiger partial charge in [-0.25, -0.2) is 0 Å². The number of unbranched alkanes of at least 4 members (excludes halogenated alkanes) is 2. The first-order valence-corrected chi connectivity index (χ1v) is 6.40. The van der Waals surface area contributed by atoms with Crippen LogP contribution in [-0.2, 0) is 4.74 Å². The largest absolute Gasteiger partial charge is 0.377 e. The second-order valence-electron chi connectivity index (χ2n) is 4.37. The maximum Gasteiger partial charge on any atom is 0.0702 e. The highest BCUT2D eigenvalue weighted by Gasteiger charge is 2.18. The summed E-state index contributed by atoms with van der Waals surface area (Å²) in [6.07, 6.45) is 6.75. The van der Waals surface area contributed by atoms with Crippen molar-refractivity contribution in [2.24, 2.45) is 5.73 Å². The van der Waals surface area contributed by atoms with Gasteiger partial charge in [0.25, 0.3) is 0 Å². The van der Waals surface area contributed by atoms with Crippen LogP contribution in [0.25, 0.3) is 0 Å². The minimum absolute atomic E-state index is 0.484. The zero-order valence-corrected chi connectivity index (χ0v) is 10.1. The minimum atomic E-state index is 0.484. The van der Waals surface area contributed by atoms with Crippen molar-refractivity contribution >= 4 is 0 Å². The number of nitrogens with zero attached hydrogens (tertiary/aromatic N) is 1. The van der Waals surface area contributed by atoms with Gasteiger partial charge in [-0.15, -0.1) is 0 Å². The third kappa shape index (κ3) is 5.50. The SMILES string of the molecule is CCOC1CCCN(CCCCCN)C1. The van der Waals surface area contributed by atoms with Gasteiger partial charge >= 0.3 is 0 Å². The van der Waals surface area contributed by atoms with E-state index in [4.69, 9.17) is 10.5 Å². The molecule has 0 radical (unpaired) electrons. The molecule has 1 rings (SSSR count). The Labute approximate surface area is 94.0 Å². The summed E-state index contributed by atoms with van der Waals surface area (Å²) in [4.78, 5) is 2.54. The van der Waals surface area contributed by atoms with Crippen molar-refractivity contribution < 1.29 is 4.74 Å². The number of rotatable bonds is 7. The van der Waals surface area contributed by atoms with E-state index in [0.717, 1.165) is 19.7 Å². The average molecular weight is 214 g/mol. The van der Waals surface area contributed by atoms with Gasteiger partial charge in [-0.1, -0.05) is 6.42 Å². The van der Waals surface area contributed by atoms with Crippen LogP contribution in [0.4, 0.5) is 0 Å². The van der Waals surface area contributed by atoms with Crippen molar-refractivity contribution in [2.45, 2.75) is 45.1 Å². The van der Waals surface area contributed by atoms with Gasteiger partial charge in [-0.3, -0.25) is 0 Å². The molecule has 0 bridgehead atoms. The predicted octanol–water partition coefficient (Wildman–Crippen LogP) is 1.62. The van der Waals surface area contributed by atoms with E-state index < -0.39 is 0 Å². The van der Waals surface area contributed by atoms with Crippen molar-refractivity contribution in [3.05, 3.63) is 0 Å². The molecular weight excluding hydrogens is 188 g/mol. The molecule has 0 aromatic heterocycles. The Morgan fingerprint density at radius 1 is 1.33 bits per heavy atom. The molecule has 0 aromatic carbocycles. The number of piperidine rings is 1. The lowest BCUT2D eigenvalue weighted by Gasteiger charge is -2.32. The Morgan fingerprint density at radius 3 is 2.93 bits per heavy atom. The topological polar surface area (TPSA) is 38.5 Å². The molecule has 1 saturated heterocycles. The first-order valence-electron chi connectivity index (χ1n) is 6.40. The molecule has 90 valence electrons. The van der Waals surface area contributed by atoms with Crippen LogP contribution in [0.5, 0.6) is 0 Å². The molecule has 0 aromatic rings. The molecule has 15 heavy (non-hydrogen) atoms. The highest BCUT2D eigenvalue weighted by atomic mass is 16.5. The Bertz CT molecular complexity index is 151. The van der Waals surface area contributed by atoms with E-state index in [1.54, 1.807) is 0 Å². The Hall–Kier alpha value is -0.120. The maximum atomic E-state index is 5.68. The molecule has 2 N–H and O–H groups in total. The zero-order valence-electron chi connectivity index (χ0n) is 10.1. The van der Waals surface area contributed by atoms with E-state index in [1.807, 2.05) is 0 Å². The van der Waals surface area contributed by atoms with E-state index in [1.165, 1.54) is 45.2 Å². The van der Waals surface area contributed by atoms with Gasteiger partial charge in [0.1, 0.15) is 0 Å². The Morgan fingerprint density at radius 2 is 2.20 bits per heavy atom. The van der Waals surface area contributed by atoms with Crippen LogP contribution in [0.15, 0.2) is 0 Å². The maximum absolute atomic E-state index is 5.68. The second-order valence-corrected chi connectivity index (χ2v) is 4.37. The van der Waals surface area contributed by atoms with Crippen LogP contribution >= 0.6 is 0 Å². The molecule has 0 saturated carbocycles. The lowest BCUT2D eigenvalue weighted by atomic mass is 10.1. The Balaban J connectivity index is 2.07. The lowest BCUT2D eigenvalue weighted by Crippen LogP contribution is -2.40. The first kappa shape index (κ1) is 12.9. The van der Waals surface area contributed by atoms with Gasteiger partial charge in [-0.05, 0) is 52.2 Å². The highest BCUT2D eigenvalue weighted by molar-refractivity contribution is 4.73. The third-order valence-electron chi connectivity index (χ3n) is 3.04. The van der Waals surface area contributed by atoms with Crippen LogP contribution in [0.3, 0.4) is 0 Å². The van der Waals surface area contributed by atoms with E-state index in [2.05, 4.69) is 11.8 Å². The molecule has 3 heteroatoms. The summed E-state index contributed by atoms with van der Waals surface area (Å²) >= 11 is 0. The van der Waals surface area contributed by atoms with Crippen LogP contribution < -0.4 is 5.73 Å². The van der Waals surface area contributed by atoms with E-state index in [-0.39, 0.29) is 0 Å². The molecular formula is C12H26N2O. The number of hydrogen-bond acceptors (Lipinski definition) is 3. The molecule has 1 aliphatic heterocycles. The highest BCUT2D eigenvalue weighted by Crippen LogP contribution is 2.13. The third-order valence-corrected chi connectivity index (χ3v) is 3.04. The summed E-state index contributed by atoms with van der Waals surface area (Å²) < 4.78 is 5.68. The summed E-state index contributed by atoms with van der Waals surface area (Å²) in [6.45, 7) is 7.39. The summed E-state index contributed by atoms with van der Waals surface area (Å²) in [5.74, 6) is 0. The fraction of sp³-hybridized carbons (Fsp3) is 1.00. The van der Waals surface area contributed by atoms with Crippen molar-refractivity contribution in [2.75, 3.05) is 32.8 Å². The zero-order chi connectivity index (χ0) is 10.9. The van der Waals surface area contributed by atoms with E-state index in [0.29, 0.717) is 6.10 Å². The summed E-state index contributed by atoms with van der Waals surface area (Å²) in [6, 6.07) is 0. The number of likely N-dealkylation sites (tertiary alicyclic amines) is 1. The van der Waals surface area contributed by atoms with Crippen molar-refractivity contribution in [3.63, 3.8) is 0 Å². The minimum Gasteiger partial charge on any atom is -0.377 e. The number of hydrogen-bond donors (Lipinski definition) is 1. The van der Waals surface area contributed by atoms with Crippen molar-refractivity contribution in [1.29, 1.82) is 0 Å². The average Bonchev–Trinajstić information content (AvgIpc) is 2.26. The second kappa shape index (κ2) is 8.08. The van der Waals surface area contributed by atoms with E-state index in [9.17, 15) is 0 Å².